The maximum atomic E-state index is 12.3. The fourth-order valence-electron chi connectivity index (χ4n) is 2.47. The van der Waals surface area contributed by atoms with E-state index < -0.39 is 0 Å². The van der Waals surface area contributed by atoms with Crippen LogP contribution in [0.2, 0.25) is 0 Å². The molecule has 0 saturated heterocycles. The number of benzene rings is 1. The van der Waals surface area contributed by atoms with Crippen LogP contribution in [0.4, 0.5) is 5.69 Å². The van der Waals surface area contributed by atoms with E-state index in [0.29, 0.717) is 22.7 Å². The van der Waals surface area contributed by atoms with Gasteiger partial charge in [0.2, 0.25) is 0 Å². The van der Waals surface area contributed by atoms with Crippen LogP contribution < -0.4 is 10.6 Å². The summed E-state index contributed by atoms with van der Waals surface area (Å²) in [5.74, 6) is -0.332. The molecule has 1 aromatic carbocycles. The van der Waals surface area contributed by atoms with E-state index in [-0.39, 0.29) is 11.8 Å². The van der Waals surface area contributed by atoms with E-state index in [4.69, 9.17) is 0 Å². The molecule has 3 aromatic rings. The SMILES string of the molecule is Cc1cnn(CCCNC(=O)c2cccc(NC(=O)c3cccs3)c2)c1. The van der Waals surface area contributed by atoms with Crippen LogP contribution in [0, 0.1) is 6.92 Å². The molecule has 0 atom stereocenters. The van der Waals surface area contributed by atoms with Gasteiger partial charge in [0.15, 0.2) is 0 Å². The lowest BCUT2D eigenvalue weighted by atomic mass is 10.2. The van der Waals surface area contributed by atoms with Gasteiger partial charge >= 0.3 is 0 Å². The minimum Gasteiger partial charge on any atom is -0.352 e. The van der Waals surface area contributed by atoms with Crippen LogP contribution in [0.1, 0.15) is 32.0 Å². The van der Waals surface area contributed by atoms with Crippen molar-refractivity contribution < 1.29 is 9.59 Å². The Morgan fingerprint density at radius 1 is 1.19 bits per heavy atom. The van der Waals surface area contributed by atoms with Gasteiger partial charge in [0.25, 0.3) is 11.8 Å². The molecule has 0 bridgehead atoms. The Labute approximate surface area is 155 Å². The summed E-state index contributed by atoms with van der Waals surface area (Å²) in [7, 11) is 0. The highest BCUT2D eigenvalue weighted by Crippen LogP contribution is 2.15. The van der Waals surface area contributed by atoms with Gasteiger partial charge in [-0.05, 0) is 48.6 Å². The van der Waals surface area contributed by atoms with Gasteiger partial charge in [-0.15, -0.1) is 11.3 Å². The van der Waals surface area contributed by atoms with E-state index >= 15 is 0 Å². The Morgan fingerprint density at radius 3 is 2.81 bits per heavy atom. The predicted molar refractivity (Wildman–Crippen MR) is 103 cm³/mol. The van der Waals surface area contributed by atoms with Gasteiger partial charge in [0.05, 0.1) is 11.1 Å². The summed E-state index contributed by atoms with van der Waals surface area (Å²) < 4.78 is 1.86. The zero-order valence-electron chi connectivity index (χ0n) is 14.4. The summed E-state index contributed by atoms with van der Waals surface area (Å²) in [4.78, 5) is 25.0. The highest BCUT2D eigenvalue weighted by molar-refractivity contribution is 7.12. The predicted octanol–water partition coefficient (Wildman–Crippen LogP) is 3.33. The Bertz CT molecular complexity index is 887. The minimum absolute atomic E-state index is 0.158. The second-order valence-corrected chi connectivity index (χ2v) is 6.85. The maximum Gasteiger partial charge on any atom is 0.265 e. The van der Waals surface area contributed by atoms with Crippen LogP contribution in [-0.4, -0.2) is 28.1 Å². The first-order valence-electron chi connectivity index (χ1n) is 8.34. The average Bonchev–Trinajstić information content (AvgIpc) is 3.30. The third-order valence-electron chi connectivity index (χ3n) is 3.74. The molecule has 0 spiro atoms. The van der Waals surface area contributed by atoms with E-state index in [1.165, 1.54) is 11.3 Å². The summed E-state index contributed by atoms with van der Waals surface area (Å²) in [6.07, 6.45) is 4.58. The van der Waals surface area contributed by atoms with Crippen molar-refractivity contribution in [1.82, 2.24) is 15.1 Å². The first kappa shape index (κ1) is 17.9. The smallest absolute Gasteiger partial charge is 0.265 e. The van der Waals surface area contributed by atoms with Gasteiger partial charge in [-0.2, -0.15) is 5.10 Å². The van der Waals surface area contributed by atoms with E-state index in [1.807, 2.05) is 35.4 Å². The standard InChI is InChI=1S/C19H20N4O2S/c1-14-12-21-23(13-14)9-4-8-20-18(24)15-5-2-6-16(11-15)22-19(25)17-7-3-10-26-17/h2-3,5-7,10-13H,4,8-9H2,1H3,(H,20,24)(H,22,25). The lowest BCUT2D eigenvalue weighted by Crippen LogP contribution is -2.25. The Hall–Kier alpha value is -2.93. The molecule has 0 aliphatic rings. The van der Waals surface area contributed by atoms with Crippen LogP contribution in [-0.2, 0) is 6.54 Å². The molecule has 0 aliphatic heterocycles. The molecular weight excluding hydrogens is 348 g/mol. The summed E-state index contributed by atoms with van der Waals surface area (Å²) in [6, 6.07) is 10.5. The number of aryl methyl sites for hydroxylation is 2. The number of nitrogens with zero attached hydrogens (tertiary/aromatic N) is 2. The Morgan fingerprint density at radius 2 is 2.08 bits per heavy atom. The topological polar surface area (TPSA) is 76.0 Å². The molecule has 0 aliphatic carbocycles. The number of aromatic nitrogens is 2. The van der Waals surface area contributed by atoms with E-state index in [0.717, 1.165) is 18.5 Å². The lowest BCUT2D eigenvalue weighted by molar-refractivity contribution is 0.0951. The van der Waals surface area contributed by atoms with Crippen molar-refractivity contribution in [2.24, 2.45) is 0 Å². The third-order valence-corrected chi connectivity index (χ3v) is 4.61. The third kappa shape index (κ3) is 4.80. The monoisotopic (exact) mass is 368 g/mol. The molecule has 6 nitrogen and oxygen atoms in total. The average molecular weight is 368 g/mol. The molecule has 26 heavy (non-hydrogen) atoms. The zero-order valence-corrected chi connectivity index (χ0v) is 15.3. The van der Waals surface area contributed by atoms with E-state index in [2.05, 4.69) is 15.7 Å². The minimum atomic E-state index is -0.174. The van der Waals surface area contributed by atoms with Crippen molar-refractivity contribution >= 4 is 28.8 Å². The molecule has 0 saturated carbocycles. The van der Waals surface area contributed by atoms with Gasteiger partial charge in [0, 0.05) is 30.5 Å². The second-order valence-electron chi connectivity index (χ2n) is 5.90. The number of amides is 2. The number of nitrogens with one attached hydrogen (secondary N) is 2. The molecule has 3 rings (SSSR count). The molecule has 2 heterocycles. The van der Waals surface area contributed by atoms with Gasteiger partial charge in [0.1, 0.15) is 0 Å². The lowest BCUT2D eigenvalue weighted by Gasteiger charge is -2.08. The van der Waals surface area contributed by atoms with Crippen LogP contribution in [0.3, 0.4) is 0 Å². The van der Waals surface area contributed by atoms with Gasteiger partial charge in [-0.3, -0.25) is 14.3 Å². The van der Waals surface area contributed by atoms with Crippen LogP contribution in [0.15, 0.2) is 54.2 Å². The molecule has 134 valence electrons. The first-order chi connectivity index (χ1) is 12.6. The highest BCUT2D eigenvalue weighted by atomic mass is 32.1. The molecule has 2 aromatic heterocycles. The van der Waals surface area contributed by atoms with Gasteiger partial charge in [-0.25, -0.2) is 0 Å². The zero-order chi connectivity index (χ0) is 18.4. The number of hydrogen-bond acceptors (Lipinski definition) is 4. The fraction of sp³-hybridized carbons (Fsp3) is 0.211. The molecule has 0 radical (unpaired) electrons. The molecular formula is C19H20N4O2S. The van der Waals surface area contributed by atoms with Gasteiger partial charge < -0.3 is 10.6 Å². The molecule has 2 amide bonds. The van der Waals surface area contributed by atoms with Crippen molar-refractivity contribution in [3.05, 3.63) is 70.2 Å². The van der Waals surface area contributed by atoms with Crippen molar-refractivity contribution in [1.29, 1.82) is 0 Å². The molecule has 2 N–H and O–H groups in total. The van der Waals surface area contributed by atoms with Crippen molar-refractivity contribution in [3.8, 4) is 0 Å². The second kappa shape index (κ2) is 8.44. The van der Waals surface area contributed by atoms with Crippen molar-refractivity contribution in [2.75, 3.05) is 11.9 Å². The van der Waals surface area contributed by atoms with Crippen LogP contribution in [0.5, 0.6) is 0 Å². The van der Waals surface area contributed by atoms with E-state index in [9.17, 15) is 9.59 Å². The maximum absolute atomic E-state index is 12.3. The number of carbonyl (C=O) groups is 2. The van der Waals surface area contributed by atoms with Crippen LogP contribution >= 0.6 is 11.3 Å². The number of carbonyl (C=O) groups excluding carboxylic acids is 2. The number of thiophene rings is 1. The Kier molecular flexibility index (Phi) is 5.80. The number of rotatable bonds is 7. The van der Waals surface area contributed by atoms with Crippen molar-refractivity contribution in [2.45, 2.75) is 19.9 Å². The number of hydrogen-bond donors (Lipinski definition) is 2. The summed E-state index contributed by atoms with van der Waals surface area (Å²) in [6.45, 7) is 3.31. The largest absolute Gasteiger partial charge is 0.352 e. The highest BCUT2D eigenvalue weighted by Gasteiger charge is 2.09. The molecule has 0 fully saturated rings. The summed E-state index contributed by atoms with van der Waals surface area (Å²) in [5, 5.41) is 11.8. The quantitative estimate of drug-likeness (QED) is 0.628. The number of anilines is 1. The van der Waals surface area contributed by atoms with Crippen LogP contribution in [0.25, 0.3) is 0 Å². The normalized spacial score (nSPS) is 10.5. The van der Waals surface area contributed by atoms with Gasteiger partial charge in [-0.1, -0.05) is 12.1 Å². The van der Waals surface area contributed by atoms with E-state index in [1.54, 1.807) is 30.3 Å². The summed E-state index contributed by atoms with van der Waals surface area (Å²) >= 11 is 1.38. The van der Waals surface area contributed by atoms with Crippen molar-refractivity contribution in [3.63, 3.8) is 0 Å². The summed E-state index contributed by atoms with van der Waals surface area (Å²) in [5.41, 5.74) is 2.24. The molecule has 7 heteroatoms. The molecule has 0 unspecified atom stereocenters. The fourth-order valence-corrected chi connectivity index (χ4v) is 3.09. The Balaban J connectivity index is 1.50. The first-order valence-corrected chi connectivity index (χ1v) is 9.22.